The molecule has 30 heavy (non-hydrogen) atoms. The van der Waals surface area contributed by atoms with Crippen molar-refractivity contribution in [2.75, 3.05) is 37.6 Å². The Bertz CT molecular complexity index is 923. The highest BCUT2D eigenvalue weighted by Gasteiger charge is 2.34. The Balaban J connectivity index is 1.34. The average molecular weight is 413 g/mol. The van der Waals surface area contributed by atoms with Gasteiger partial charge in [-0.3, -0.25) is 9.69 Å². The molecule has 9 heteroatoms. The molecule has 0 N–H and O–H groups in total. The molecule has 8 nitrogen and oxygen atoms in total. The number of rotatable bonds is 5. The highest BCUT2D eigenvalue weighted by Crippen LogP contribution is 2.24. The lowest BCUT2D eigenvalue weighted by molar-refractivity contribution is -0.134. The molecule has 2 aliphatic heterocycles. The smallest absolute Gasteiger partial charge is 0.325 e. The third kappa shape index (κ3) is 4.34. The summed E-state index contributed by atoms with van der Waals surface area (Å²) in [7, 11) is 0. The lowest BCUT2D eigenvalue weighted by Crippen LogP contribution is -2.48. The summed E-state index contributed by atoms with van der Waals surface area (Å²) in [5.41, 5.74) is 1.05. The third-order valence-electron chi connectivity index (χ3n) is 5.36. The molecule has 0 aliphatic carbocycles. The van der Waals surface area contributed by atoms with Crippen LogP contribution < -0.4 is 9.64 Å². The van der Waals surface area contributed by atoms with E-state index in [1.807, 2.05) is 13.0 Å². The van der Waals surface area contributed by atoms with Gasteiger partial charge in [0.1, 0.15) is 18.5 Å². The van der Waals surface area contributed by atoms with Crippen molar-refractivity contribution in [3.05, 3.63) is 47.9 Å². The van der Waals surface area contributed by atoms with E-state index in [1.54, 1.807) is 29.2 Å². The molecular formula is C21H24FN5O3. The largest absolute Gasteiger partial charge is 0.471 e. The molecule has 4 rings (SSSR count). The molecule has 1 unspecified atom stereocenters. The van der Waals surface area contributed by atoms with Crippen molar-refractivity contribution < 1.29 is 18.7 Å². The van der Waals surface area contributed by atoms with Crippen LogP contribution in [0.2, 0.25) is 0 Å². The molecule has 0 saturated carbocycles. The number of hydrogen-bond acceptors (Lipinski definition) is 5. The number of piperidine rings is 1. The number of aromatic nitrogens is 2. The Kier molecular flexibility index (Phi) is 5.78. The van der Waals surface area contributed by atoms with Gasteiger partial charge < -0.3 is 14.5 Å². The van der Waals surface area contributed by atoms with E-state index in [0.29, 0.717) is 32.1 Å². The summed E-state index contributed by atoms with van der Waals surface area (Å²) in [6, 6.07) is 9.40. The number of benzene rings is 1. The van der Waals surface area contributed by atoms with Gasteiger partial charge in [-0.1, -0.05) is 12.1 Å². The molecule has 3 amide bonds. The fraction of sp³-hybridized carbons (Fsp3) is 0.429. The summed E-state index contributed by atoms with van der Waals surface area (Å²) in [6.45, 7) is 3.62. The van der Waals surface area contributed by atoms with Crippen molar-refractivity contribution in [1.29, 1.82) is 0 Å². The predicted octanol–water partition coefficient (Wildman–Crippen LogP) is 2.24. The first-order valence-corrected chi connectivity index (χ1v) is 10.1. The van der Waals surface area contributed by atoms with Crippen LogP contribution in [0, 0.1) is 12.7 Å². The lowest BCUT2D eigenvalue weighted by Gasteiger charge is -2.33. The summed E-state index contributed by atoms with van der Waals surface area (Å²) in [4.78, 5) is 30.0. The van der Waals surface area contributed by atoms with Gasteiger partial charge in [0.15, 0.2) is 0 Å². The molecule has 0 radical (unpaired) electrons. The van der Waals surface area contributed by atoms with E-state index in [0.717, 1.165) is 18.5 Å². The summed E-state index contributed by atoms with van der Waals surface area (Å²) in [5.74, 6) is -0.147. The SMILES string of the molecule is Cc1ccc(OC2CCCN(C(=O)CN3CCN(c4ccccc4F)C3=O)C2)nn1. The number of urea groups is 1. The van der Waals surface area contributed by atoms with Crippen LogP contribution in [0.25, 0.3) is 0 Å². The summed E-state index contributed by atoms with van der Waals surface area (Å²) in [5, 5.41) is 8.00. The van der Waals surface area contributed by atoms with Crippen molar-refractivity contribution in [3.8, 4) is 5.88 Å². The van der Waals surface area contributed by atoms with Crippen LogP contribution >= 0.6 is 0 Å². The molecule has 2 saturated heterocycles. The minimum atomic E-state index is -0.450. The number of halogens is 1. The van der Waals surface area contributed by atoms with Crippen molar-refractivity contribution in [1.82, 2.24) is 20.0 Å². The van der Waals surface area contributed by atoms with Gasteiger partial charge in [0, 0.05) is 25.7 Å². The molecule has 1 aromatic heterocycles. The summed E-state index contributed by atoms with van der Waals surface area (Å²) in [6.07, 6.45) is 1.47. The first kappa shape index (κ1) is 20.1. The topological polar surface area (TPSA) is 78.9 Å². The molecule has 2 aliphatic rings. The number of amides is 3. The van der Waals surface area contributed by atoms with Gasteiger partial charge in [0.05, 0.1) is 17.9 Å². The summed E-state index contributed by atoms with van der Waals surface area (Å²) < 4.78 is 19.9. The number of carbonyl (C=O) groups is 2. The zero-order valence-corrected chi connectivity index (χ0v) is 16.8. The Morgan fingerprint density at radius 1 is 1.17 bits per heavy atom. The van der Waals surface area contributed by atoms with Gasteiger partial charge in [-0.2, -0.15) is 5.10 Å². The van der Waals surface area contributed by atoms with E-state index >= 15 is 0 Å². The number of ether oxygens (including phenoxy) is 1. The quantitative estimate of drug-likeness (QED) is 0.751. The lowest BCUT2D eigenvalue weighted by atomic mass is 10.1. The number of nitrogens with zero attached hydrogens (tertiary/aromatic N) is 5. The second kappa shape index (κ2) is 8.64. The average Bonchev–Trinajstić information content (AvgIpc) is 3.10. The van der Waals surface area contributed by atoms with Gasteiger partial charge in [0.2, 0.25) is 11.8 Å². The predicted molar refractivity (Wildman–Crippen MR) is 108 cm³/mol. The van der Waals surface area contributed by atoms with Crippen molar-refractivity contribution >= 4 is 17.6 Å². The number of anilines is 1. The second-order valence-electron chi connectivity index (χ2n) is 7.54. The Morgan fingerprint density at radius 3 is 2.77 bits per heavy atom. The molecule has 1 aromatic carbocycles. The fourth-order valence-electron chi connectivity index (χ4n) is 3.77. The van der Waals surface area contributed by atoms with Crippen LogP contribution in [0.5, 0.6) is 5.88 Å². The number of aryl methyl sites for hydroxylation is 1. The third-order valence-corrected chi connectivity index (χ3v) is 5.36. The Morgan fingerprint density at radius 2 is 2.00 bits per heavy atom. The van der Waals surface area contributed by atoms with E-state index in [4.69, 9.17) is 4.74 Å². The minimum absolute atomic E-state index is 0.0269. The maximum absolute atomic E-state index is 14.0. The van der Waals surface area contributed by atoms with E-state index < -0.39 is 5.82 Å². The van der Waals surface area contributed by atoms with Gasteiger partial charge >= 0.3 is 6.03 Å². The van der Waals surface area contributed by atoms with Crippen molar-refractivity contribution in [3.63, 3.8) is 0 Å². The Hall–Kier alpha value is -3.23. The fourth-order valence-corrected chi connectivity index (χ4v) is 3.77. The van der Waals surface area contributed by atoms with Gasteiger partial charge in [-0.05, 0) is 38.0 Å². The maximum Gasteiger partial charge on any atom is 0.325 e. The highest BCUT2D eigenvalue weighted by atomic mass is 19.1. The molecule has 0 spiro atoms. The van der Waals surface area contributed by atoms with E-state index in [9.17, 15) is 14.0 Å². The van der Waals surface area contributed by atoms with Gasteiger partial charge in [0.25, 0.3) is 0 Å². The molecule has 1 atom stereocenters. The molecule has 158 valence electrons. The zero-order valence-electron chi connectivity index (χ0n) is 16.8. The van der Waals surface area contributed by atoms with Crippen LogP contribution in [-0.4, -0.2) is 70.8 Å². The molecule has 2 aromatic rings. The first-order valence-electron chi connectivity index (χ1n) is 10.1. The van der Waals surface area contributed by atoms with Crippen LogP contribution in [0.4, 0.5) is 14.9 Å². The monoisotopic (exact) mass is 413 g/mol. The molecule has 0 bridgehead atoms. The highest BCUT2D eigenvalue weighted by molar-refractivity contribution is 5.96. The minimum Gasteiger partial charge on any atom is -0.471 e. The second-order valence-corrected chi connectivity index (χ2v) is 7.54. The molecular weight excluding hydrogens is 389 g/mol. The normalized spacial score (nSPS) is 19.3. The number of para-hydroxylation sites is 1. The summed E-state index contributed by atoms with van der Waals surface area (Å²) >= 11 is 0. The maximum atomic E-state index is 14.0. The molecule has 2 fully saturated rings. The molecule has 3 heterocycles. The number of hydrogen-bond donors (Lipinski definition) is 0. The van der Waals surface area contributed by atoms with E-state index in [1.165, 1.54) is 15.9 Å². The number of likely N-dealkylation sites (tertiary alicyclic amines) is 1. The van der Waals surface area contributed by atoms with Crippen LogP contribution in [0.3, 0.4) is 0 Å². The zero-order chi connectivity index (χ0) is 21.1. The van der Waals surface area contributed by atoms with Gasteiger partial charge in [-0.15, -0.1) is 5.10 Å². The van der Waals surface area contributed by atoms with Crippen molar-refractivity contribution in [2.24, 2.45) is 0 Å². The van der Waals surface area contributed by atoms with Crippen LogP contribution in [0.15, 0.2) is 36.4 Å². The van der Waals surface area contributed by atoms with E-state index in [-0.39, 0.29) is 30.3 Å². The van der Waals surface area contributed by atoms with Crippen LogP contribution in [-0.2, 0) is 4.79 Å². The van der Waals surface area contributed by atoms with Gasteiger partial charge in [-0.25, -0.2) is 9.18 Å². The number of carbonyl (C=O) groups excluding carboxylic acids is 2. The standard InChI is InChI=1S/C21H24FN5O3/c1-15-8-9-19(24-23-15)30-16-5-4-10-25(13-16)20(28)14-26-11-12-27(21(26)29)18-7-3-2-6-17(18)22/h2-3,6-9,16H,4-5,10-14H2,1H3. The Labute approximate surface area is 174 Å². The van der Waals surface area contributed by atoms with Crippen LogP contribution in [0.1, 0.15) is 18.5 Å². The van der Waals surface area contributed by atoms with E-state index in [2.05, 4.69) is 10.2 Å². The first-order chi connectivity index (χ1) is 14.5. The van der Waals surface area contributed by atoms with Crippen molar-refractivity contribution in [2.45, 2.75) is 25.9 Å².